The number of carboxylic acid groups (broad SMARTS) is 1. The van der Waals surface area contributed by atoms with Gasteiger partial charge in [-0.15, -0.1) is 12.4 Å². The van der Waals surface area contributed by atoms with Gasteiger partial charge >= 0.3 is 57.4 Å². The third-order valence-corrected chi connectivity index (χ3v) is 0.175. The first-order valence-electron chi connectivity index (χ1n) is 1.19. The monoisotopic (exact) mass is 151 g/mol. The van der Waals surface area contributed by atoms with Crippen molar-refractivity contribution in [1.29, 1.82) is 0 Å². The molecule has 7 heavy (non-hydrogen) atoms. The molecular formula is C2H7ClKNO2. The summed E-state index contributed by atoms with van der Waals surface area (Å²) in [6.45, 7) is -0.278. The van der Waals surface area contributed by atoms with Crippen LogP contribution in [-0.4, -0.2) is 69.0 Å². The molecule has 0 aromatic heterocycles. The Kier molecular flexibility index (Phi) is 23.3. The summed E-state index contributed by atoms with van der Waals surface area (Å²) < 4.78 is 0. The average Bonchev–Trinajstić information content (AvgIpc) is 1.38. The third kappa shape index (κ3) is 18.7. The Labute approximate surface area is 90.5 Å². The zero-order valence-corrected chi connectivity index (χ0v) is 3.86. The van der Waals surface area contributed by atoms with Crippen molar-refractivity contribution in [3.05, 3.63) is 0 Å². The molecule has 0 radical (unpaired) electrons. The van der Waals surface area contributed by atoms with Gasteiger partial charge in [0.15, 0.2) is 0 Å². The van der Waals surface area contributed by atoms with Crippen LogP contribution in [0.5, 0.6) is 0 Å². The van der Waals surface area contributed by atoms with Crippen molar-refractivity contribution < 1.29 is 9.90 Å². The van der Waals surface area contributed by atoms with E-state index in [0.29, 0.717) is 0 Å². The maximum atomic E-state index is 9.24. The molecule has 3 N–H and O–H groups in total. The van der Waals surface area contributed by atoms with Crippen LogP contribution in [0.25, 0.3) is 0 Å². The summed E-state index contributed by atoms with van der Waals surface area (Å²) in [7, 11) is 0. The van der Waals surface area contributed by atoms with Crippen LogP contribution in [-0.2, 0) is 4.79 Å². The Bertz CT molecular complexity index is 51.0. The van der Waals surface area contributed by atoms with Crippen LogP contribution in [0.2, 0.25) is 0 Å². The van der Waals surface area contributed by atoms with Crippen LogP contribution >= 0.6 is 12.4 Å². The number of carboxylic acids is 1. The number of aliphatic carboxylic acids is 1. The fraction of sp³-hybridized carbons (Fsp3) is 0.500. The van der Waals surface area contributed by atoms with E-state index < -0.39 is 5.97 Å². The molecule has 5 heteroatoms. The Morgan fingerprint density at radius 3 is 1.86 bits per heavy atom. The summed E-state index contributed by atoms with van der Waals surface area (Å²) in [4.78, 5) is 9.24. The third-order valence-electron chi connectivity index (χ3n) is 0.175. The molecule has 0 aromatic carbocycles. The molecular weight excluding hydrogens is 145 g/mol. The molecule has 0 heterocycles. The first kappa shape index (κ1) is 15.8. The van der Waals surface area contributed by atoms with Crippen LogP contribution in [0.4, 0.5) is 0 Å². The molecule has 0 spiro atoms. The number of hydrogen-bond donors (Lipinski definition) is 2. The van der Waals surface area contributed by atoms with E-state index >= 15 is 0 Å². The van der Waals surface area contributed by atoms with E-state index in [-0.39, 0.29) is 70.3 Å². The van der Waals surface area contributed by atoms with E-state index in [1.165, 1.54) is 0 Å². The maximum absolute atomic E-state index is 9.24. The Hall–Kier alpha value is 1.36. The second-order valence-electron chi connectivity index (χ2n) is 0.598. The molecule has 40 valence electrons. The zero-order valence-electron chi connectivity index (χ0n) is 3.05. The summed E-state index contributed by atoms with van der Waals surface area (Å²) in [6, 6.07) is 0. The molecule has 0 unspecified atom stereocenters. The van der Waals surface area contributed by atoms with Crippen LogP contribution in [0, 0.1) is 0 Å². The molecule has 0 amide bonds. The minimum atomic E-state index is -0.968. The Morgan fingerprint density at radius 1 is 1.71 bits per heavy atom. The predicted octanol–water partition coefficient (Wildman–Crippen LogP) is -1.20. The van der Waals surface area contributed by atoms with Gasteiger partial charge in [0.05, 0.1) is 6.54 Å². The molecule has 0 aliphatic rings. The Morgan fingerprint density at radius 2 is 1.86 bits per heavy atom. The molecule has 0 aliphatic heterocycles. The van der Waals surface area contributed by atoms with E-state index in [9.17, 15) is 4.79 Å². The average molecular weight is 152 g/mol. The zero-order chi connectivity index (χ0) is 4.28. The van der Waals surface area contributed by atoms with Gasteiger partial charge in [0, 0.05) is 0 Å². The molecule has 0 atom stereocenters. The van der Waals surface area contributed by atoms with Crippen molar-refractivity contribution in [1.82, 2.24) is 0 Å². The first-order chi connectivity index (χ1) is 2.27. The molecule has 3 nitrogen and oxygen atoms in total. The Balaban J connectivity index is -0.0000000800. The molecule has 0 saturated heterocycles. The van der Waals surface area contributed by atoms with Gasteiger partial charge in [-0.25, -0.2) is 0 Å². The molecule has 0 aliphatic carbocycles. The van der Waals surface area contributed by atoms with Crippen LogP contribution in [0.15, 0.2) is 0 Å². The van der Waals surface area contributed by atoms with Crippen molar-refractivity contribution in [2.75, 3.05) is 6.54 Å². The molecule has 0 fully saturated rings. The van der Waals surface area contributed by atoms with Gasteiger partial charge in [0.1, 0.15) is 0 Å². The van der Waals surface area contributed by atoms with Crippen molar-refractivity contribution in [3.8, 4) is 0 Å². The van der Waals surface area contributed by atoms with Gasteiger partial charge < -0.3 is 10.8 Å². The standard InChI is InChI=1S/C2H5NO2.ClH.K.H/c3-1-2(4)5;;;/h1,3H2,(H,4,5);1H;;. The van der Waals surface area contributed by atoms with Gasteiger partial charge in [-0.1, -0.05) is 0 Å². The van der Waals surface area contributed by atoms with Crippen LogP contribution in [0.1, 0.15) is 0 Å². The summed E-state index contributed by atoms with van der Waals surface area (Å²) in [6.07, 6.45) is 0. The van der Waals surface area contributed by atoms with Gasteiger partial charge in [0.25, 0.3) is 0 Å². The molecule has 0 saturated carbocycles. The number of nitrogens with two attached hydrogens (primary N) is 1. The van der Waals surface area contributed by atoms with Crippen molar-refractivity contribution in [3.63, 3.8) is 0 Å². The van der Waals surface area contributed by atoms with E-state index in [4.69, 9.17) is 5.11 Å². The van der Waals surface area contributed by atoms with E-state index in [0.717, 1.165) is 0 Å². The number of hydrogen-bond acceptors (Lipinski definition) is 2. The van der Waals surface area contributed by atoms with Crippen molar-refractivity contribution in [2.24, 2.45) is 5.73 Å². The van der Waals surface area contributed by atoms with E-state index in [2.05, 4.69) is 5.73 Å². The van der Waals surface area contributed by atoms with E-state index in [1.807, 2.05) is 0 Å². The van der Waals surface area contributed by atoms with Gasteiger partial charge in [-0.3, -0.25) is 4.79 Å². The van der Waals surface area contributed by atoms with Crippen LogP contribution in [0.3, 0.4) is 0 Å². The quantitative estimate of drug-likeness (QED) is 0.463. The number of halogens is 1. The summed E-state index contributed by atoms with van der Waals surface area (Å²) in [5.41, 5.74) is 4.57. The molecule has 0 bridgehead atoms. The number of carbonyl (C=O) groups is 1. The second-order valence-corrected chi connectivity index (χ2v) is 0.598. The molecule has 0 aromatic rings. The van der Waals surface area contributed by atoms with Crippen molar-refractivity contribution >= 4 is 69.8 Å². The fourth-order valence-corrected chi connectivity index (χ4v) is 0. The summed E-state index contributed by atoms with van der Waals surface area (Å²) >= 11 is 0. The van der Waals surface area contributed by atoms with Gasteiger partial charge in [0.2, 0.25) is 0 Å². The second kappa shape index (κ2) is 10.4. The summed E-state index contributed by atoms with van der Waals surface area (Å²) in [5, 5.41) is 7.60. The predicted molar refractivity (Wildman–Crippen MR) is 31.1 cm³/mol. The number of rotatable bonds is 1. The summed E-state index contributed by atoms with van der Waals surface area (Å²) in [5.74, 6) is -0.968. The molecule has 0 rings (SSSR count). The minimum absolute atomic E-state index is 0. The van der Waals surface area contributed by atoms with Crippen LogP contribution < -0.4 is 5.73 Å². The van der Waals surface area contributed by atoms with E-state index in [1.54, 1.807) is 0 Å². The SMILES string of the molecule is Cl.NCC(=O)O.[KH]. The first-order valence-corrected chi connectivity index (χ1v) is 1.19. The van der Waals surface area contributed by atoms with Gasteiger partial charge in [-0.2, -0.15) is 0 Å². The fourth-order valence-electron chi connectivity index (χ4n) is 0. The normalized spacial score (nSPS) is 5.29. The topological polar surface area (TPSA) is 63.3 Å². The van der Waals surface area contributed by atoms with Crippen molar-refractivity contribution in [2.45, 2.75) is 0 Å². The van der Waals surface area contributed by atoms with Gasteiger partial charge in [-0.05, 0) is 0 Å².